The number of hydrogen-bond donors (Lipinski definition) is 3. The predicted octanol–water partition coefficient (Wildman–Crippen LogP) is 0.783. The number of aromatic nitrogens is 2. The van der Waals surface area contributed by atoms with Gasteiger partial charge in [0.25, 0.3) is 11.7 Å². The minimum Gasteiger partial charge on any atom is -0.368 e. The highest BCUT2D eigenvalue weighted by Gasteiger charge is 2.28. The minimum absolute atomic E-state index is 0. The number of rotatable bonds is 0. The van der Waals surface area contributed by atoms with E-state index in [2.05, 4.69) is 15.3 Å². The molecule has 16 heavy (non-hydrogen) atoms. The van der Waals surface area contributed by atoms with Crippen LogP contribution >= 0.6 is 0 Å². The molecule has 3 N–H and O–H groups in total. The maximum Gasteiger partial charge on any atom is 0.298 e. The van der Waals surface area contributed by atoms with Gasteiger partial charge in [0.05, 0.1) is 5.69 Å². The number of nitrogens with one attached hydrogen (secondary N) is 3. The molecule has 0 spiro atoms. The van der Waals surface area contributed by atoms with Crippen molar-refractivity contribution >= 4 is 25.8 Å². The Hall–Kier alpha value is -2.24. The molecule has 0 aliphatic carbocycles. The summed E-state index contributed by atoms with van der Waals surface area (Å²) in [5.41, 5.74) is 0.944. The number of anilines is 1. The zero-order chi connectivity index (χ0) is 10.7. The van der Waals surface area contributed by atoms with Crippen LogP contribution in [0.15, 0.2) is 36.8 Å². The van der Waals surface area contributed by atoms with E-state index in [1.54, 1.807) is 12.3 Å². The standard InChI is InChI=1S/C6H4N2O2.C4H5N.B/c9-5-4-3(1-2-7-4)8-6(5)10;1-2-4-5-3-1;/h1-2,7H,(H,8,9,10);1-5H;. The highest BCUT2D eigenvalue weighted by molar-refractivity contribution is 6.51. The fourth-order valence-corrected chi connectivity index (χ4v) is 1.23. The first-order chi connectivity index (χ1) is 7.29. The van der Waals surface area contributed by atoms with Crippen LogP contribution < -0.4 is 5.32 Å². The molecule has 2 aromatic heterocycles. The van der Waals surface area contributed by atoms with Gasteiger partial charge in [-0.15, -0.1) is 0 Å². The SMILES string of the molecule is O=C1Nc2cc[nH]c2C1=O.[B].c1cc[nH]c1. The van der Waals surface area contributed by atoms with Crippen molar-refractivity contribution in [1.29, 1.82) is 0 Å². The molecular formula is C10H9BN3O2. The van der Waals surface area contributed by atoms with Gasteiger partial charge in [-0.1, -0.05) is 0 Å². The van der Waals surface area contributed by atoms with Crippen LogP contribution in [0, 0.1) is 0 Å². The second-order valence-corrected chi connectivity index (χ2v) is 2.93. The van der Waals surface area contributed by atoms with Gasteiger partial charge in [-0.25, -0.2) is 0 Å². The van der Waals surface area contributed by atoms with Gasteiger partial charge in [0, 0.05) is 27.0 Å². The molecular weight excluding hydrogens is 205 g/mol. The molecule has 1 aliphatic heterocycles. The molecule has 0 bridgehead atoms. The van der Waals surface area contributed by atoms with Gasteiger partial charge in [0.15, 0.2) is 0 Å². The van der Waals surface area contributed by atoms with E-state index in [1.807, 2.05) is 24.5 Å². The first-order valence-electron chi connectivity index (χ1n) is 4.40. The van der Waals surface area contributed by atoms with Crippen molar-refractivity contribution < 1.29 is 9.59 Å². The van der Waals surface area contributed by atoms with Crippen LogP contribution in [-0.4, -0.2) is 30.1 Å². The average molecular weight is 214 g/mol. The molecule has 79 valence electrons. The van der Waals surface area contributed by atoms with Gasteiger partial charge in [-0.3, -0.25) is 9.59 Å². The molecule has 0 saturated carbocycles. The first-order valence-corrected chi connectivity index (χ1v) is 4.40. The Balaban J connectivity index is 0.000000183. The van der Waals surface area contributed by atoms with Gasteiger partial charge < -0.3 is 15.3 Å². The number of Topliss-reactive ketones (excluding diaryl/α,β-unsaturated/α-hetero) is 1. The summed E-state index contributed by atoms with van der Waals surface area (Å²) in [6, 6.07) is 5.54. The zero-order valence-corrected chi connectivity index (χ0v) is 8.36. The van der Waals surface area contributed by atoms with Crippen LogP contribution in [0.25, 0.3) is 0 Å². The molecule has 1 amide bonds. The fraction of sp³-hybridized carbons (Fsp3) is 0. The highest BCUT2D eigenvalue weighted by atomic mass is 16.2. The third-order valence-corrected chi connectivity index (χ3v) is 1.92. The molecule has 0 fully saturated rings. The maximum absolute atomic E-state index is 10.8. The second-order valence-electron chi connectivity index (χ2n) is 2.93. The molecule has 0 saturated heterocycles. The van der Waals surface area contributed by atoms with Crippen LogP contribution in [0.4, 0.5) is 5.69 Å². The van der Waals surface area contributed by atoms with Gasteiger partial charge in [0.2, 0.25) is 0 Å². The lowest BCUT2D eigenvalue weighted by Gasteiger charge is -1.83. The lowest BCUT2D eigenvalue weighted by atomic mass is 10.3. The monoisotopic (exact) mass is 214 g/mol. The number of amides is 1. The van der Waals surface area contributed by atoms with Crippen molar-refractivity contribution in [2.75, 3.05) is 5.32 Å². The molecule has 3 heterocycles. The van der Waals surface area contributed by atoms with E-state index in [-0.39, 0.29) is 8.41 Å². The van der Waals surface area contributed by atoms with Gasteiger partial charge >= 0.3 is 0 Å². The number of aromatic amines is 2. The van der Waals surface area contributed by atoms with Crippen molar-refractivity contribution in [3.8, 4) is 0 Å². The number of hydrogen-bond acceptors (Lipinski definition) is 2. The fourth-order valence-electron chi connectivity index (χ4n) is 1.23. The molecule has 0 atom stereocenters. The number of carbonyl (C=O) groups is 2. The summed E-state index contributed by atoms with van der Waals surface area (Å²) < 4.78 is 0. The third kappa shape index (κ3) is 2.22. The summed E-state index contributed by atoms with van der Waals surface area (Å²) in [4.78, 5) is 27.0. The van der Waals surface area contributed by atoms with E-state index in [9.17, 15) is 9.59 Å². The number of ketones is 1. The summed E-state index contributed by atoms with van der Waals surface area (Å²) in [6.07, 6.45) is 5.36. The Bertz CT molecular complexity index is 459. The molecule has 0 aromatic carbocycles. The Kier molecular flexibility index (Phi) is 3.71. The van der Waals surface area contributed by atoms with Crippen molar-refractivity contribution in [1.82, 2.24) is 9.97 Å². The molecule has 5 nitrogen and oxygen atoms in total. The Morgan fingerprint density at radius 1 is 1.00 bits per heavy atom. The smallest absolute Gasteiger partial charge is 0.298 e. The molecule has 0 unspecified atom stereocenters. The van der Waals surface area contributed by atoms with Gasteiger partial charge in [0.1, 0.15) is 5.69 Å². The summed E-state index contributed by atoms with van der Waals surface area (Å²) in [6.45, 7) is 0. The van der Waals surface area contributed by atoms with Gasteiger partial charge in [-0.05, 0) is 18.2 Å². The molecule has 3 radical (unpaired) electrons. The number of carbonyl (C=O) groups excluding carboxylic acids is 2. The third-order valence-electron chi connectivity index (χ3n) is 1.92. The topological polar surface area (TPSA) is 77.8 Å². The lowest BCUT2D eigenvalue weighted by Crippen LogP contribution is -2.13. The Morgan fingerprint density at radius 3 is 2.19 bits per heavy atom. The van der Waals surface area contributed by atoms with Crippen molar-refractivity contribution in [3.63, 3.8) is 0 Å². The van der Waals surface area contributed by atoms with E-state index in [0.717, 1.165) is 0 Å². The molecule has 3 rings (SSSR count). The summed E-state index contributed by atoms with van der Waals surface area (Å²) in [5, 5.41) is 2.41. The number of H-pyrrole nitrogens is 2. The van der Waals surface area contributed by atoms with Crippen LogP contribution in [0.2, 0.25) is 0 Å². The predicted molar refractivity (Wildman–Crippen MR) is 60.3 cm³/mol. The van der Waals surface area contributed by atoms with Crippen LogP contribution in [0.1, 0.15) is 10.5 Å². The molecule has 2 aromatic rings. The summed E-state index contributed by atoms with van der Waals surface area (Å²) in [5.74, 6) is -1.04. The van der Waals surface area contributed by atoms with Crippen molar-refractivity contribution in [2.24, 2.45) is 0 Å². The normalized spacial score (nSPS) is 12.0. The van der Waals surface area contributed by atoms with Gasteiger partial charge in [-0.2, -0.15) is 0 Å². The number of fused-ring (bicyclic) bond motifs is 1. The van der Waals surface area contributed by atoms with Crippen molar-refractivity contribution in [3.05, 3.63) is 42.5 Å². The Morgan fingerprint density at radius 2 is 1.69 bits per heavy atom. The highest BCUT2D eigenvalue weighted by Crippen LogP contribution is 2.19. The molecule has 6 heteroatoms. The van der Waals surface area contributed by atoms with E-state index >= 15 is 0 Å². The van der Waals surface area contributed by atoms with Crippen molar-refractivity contribution in [2.45, 2.75) is 0 Å². The maximum atomic E-state index is 10.8. The van der Waals surface area contributed by atoms with Crippen LogP contribution in [-0.2, 0) is 4.79 Å². The largest absolute Gasteiger partial charge is 0.368 e. The van der Waals surface area contributed by atoms with Crippen LogP contribution in [0.3, 0.4) is 0 Å². The lowest BCUT2D eigenvalue weighted by molar-refractivity contribution is -0.112. The second kappa shape index (κ2) is 5.02. The summed E-state index contributed by atoms with van der Waals surface area (Å²) in [7, 11) is 0. The Labute approximate surface area is 93.8 Å². The minimum atomic E-state index is -0.554. The quantitative estimate of drug-likeness (QED) is 0.447. The van der Waals surface area contributed by atoms with E-state index in [1.165, 1.54) is 0 Å². The van der Waals surface area contributed by atoms with Crippen LogP contribution in [0.5, 0.6) is 0 Å². The zero-order valence-electron chi connectivity index (χ0n) is 8.36. The average Bonchev–Trinajstić information content (AvgIpc) is 2.91. The first kappa shape index (κ1) is 11.8. The molecule has 1 aliphatic rings. The van der Waals surface area contributed by atoms with E-state index in [0.29, 0.717) is 11.4 Å². The van der Waals surface area contributed by atoms with E-state index < -0.39 is 11.7 Å². The summed E-state index contributed by atoms with van der Waals surface area (Å²) >= 11 is 0. The van der Waals surface area contributed by atoms with E-state index in [4.69, 9.17) is 0 Å².